The number of rotatable bonds is 4. The fourth-order valence-corrected chi connectivity index (χ4v) is 1.00. The zero-order valence-electron chi connectivity index (χ0n) is 5.96. The highest BCUT2D eigenvalue weighted by Gasteiger charge is 2.24. The van der Waals surface area contributed by atoms with Crippen LogP contribution in [0.1, 0.15) is 19.8 Å². The van der Waals surface area contributed by atoms with E-state index in [0.717, 1.165) is 12.8 Å². The van der Waals surface area contributed by atoms with Gasteiger partial charge in [-0.1, -0.05) is 0 Å². The van der Waals surface area contributed by atoms with Crippen LogP contribution in [0.3, 0.4) is 0 Å². The summed E-state index contributed by atoms with van der Waals surface area (Å²) in [5, 5.41) is 0. The molecule has 0 bridgehead atoms. The summed E-state index contributed by atoms with van der Waals surface area (Å²) < 4.78 is 26.0. The second-order valence-electron chi connectivity index (χ2n) is 2.36. The largest absolute Gasteiger partial charge is 0.270 e. The molecule has 0 N–H and O–H groups in total. The maximum absolute atomic E-state index is 10.7. The van der Waals surface area contributed by atoms with Gasteiger partial charge in [-0.05, 0) is 19.8 Å². The molecular weight excluding hydrogens is 152 g/mol. The zero-order valence-corrected chi connectivity index (χ0v) is 6.78. The summed E-state index contributed by atoms with van der Waals surface area (Å²) in [6.07, 6.45) is 2.08. The minimum Gasteiger partial charge on any atom is -0.270 e. The van der Waals surface area contributed by atoms with E-state index in [1.807, 2.05) is 0 Å². The lowest BCUT2D eigenvalue weighted by Crippen LogP contribution is -2.09. The van der Waals surface area contributed by atoms with Crippen LogP contribution >= 0.6 is 0 Å². The Balaban J connectivity index is 2.22. The Labute approximate surface area is 61.5 Å². The first kappa shape index (κ1) is 8.01. The zero-order chi connectivity index (χ0) is 7.61. The third-order valence-electron chi connectivity index (χ3n) is 1.40. The molecule has 1 fully saturated rings. The van der Waals surface area contributed by atoms with Crippen LogP contribution in [0.4, 0.5) is 0 Å². The van der Waals surface area contributed by atoms with Gasteiger partial charge in [0, 0.05) is 5.92 Å². The summed E-state index contributed by atoms with van der Waals surface area (Å²) in [4.78, 5) is 0. The first-order chi connectivity index (χ1) is 4.64. The fourth-order valence-electron chi connectivity index (χ4n) is 0.489. The van der Waals surface area contributed by atoms with Crippen molar-refractivity contribution < 1.29 is 12.6 Å². The molecule has 0 aromatic rings. The normalized spacial score (nSPS) is 19.3. The molecule has 0 spiro atoms. The van der Waals surface area contributed by atoms with Gasteiger partial charge in [0.2, 0.25) is 0 Å². The Morgan fingerprint density at radius 1 is 1.50 bits per heavy atom. The molecule has 0 saturated heterocycles. The smallest absolute Gasteiger partial charge is 0.267 e. The van der Waals surface area contributed by atoms with Crippen LogP contribution < -0.4 is 0 Å². The Morgan fingerprint density at radius 3 is 2.50 bits per heavy atom. The molecule has 0 aromatic heterocycles. The minimum atomic E-state index is -3.20. The van der Waals surface area contributed by atoms with E-state index < -0.39 is 10.1 Å². The first-order valence-electron chi connectivity index (χ1n) is 3.35. The molecule has 1 radical (unpaired) electrons. The SMILES string of the molecule is CCS(=O)(=O)OC[C]1CC1. The average Bonchev–Trinajstić information content (AvgIpc) is 2.66. The highest BCUT2D eigenvalue weighted by atomic mass is 32.2. The van der Waals surface area contributed by atoms with Gasteiger partial charge in [0.05, 0.1) is 12.4 Å². The molecule has 1 aliphatic rings. The highest BCUT2D eigenvalue weighted by Crippen LogP contribution is 2.31. The molecule has 0 aliphatic heterocycles. The van der Waals surface area contributed by atoms with Crippen LogP contribution in [-0.4, -0.2) is 20.8 Å². The van der Waals surface area contributed by atoms with E-state index in [9.17, 15) is 8.42 Å². The molecular formula is C6H11O3S. The Hall–Kier alpha value is -0.0900. The summed E-state index contributed by atoms with van der Waals surface area (Å²) >= 11 is 0. The number of hydrogen-bond donors (Lipinski definition) is 0. The minimum absolute atomic E-state index is 0.0697. The van der Waals surface area contributed by atoms with Crippen molar-refractivity contribution in [3.63, 3.8) is 0 Å². The summed E-state index contributed by atoms with van der Waals surface area (Å²) in [6.45, 7) is 1.89. The van der Waals surface area contributed by atoms with E-state index in [0.29, 0.717) is 6.61 Å². The van der Waals surface area contributed by atoms with Gasteiger partial charge in [-0.3, -0.25) is 4.18 Å². The van der Waals surface area contributed by atoms with Gasteiger partial charge in [-0.15, -0.1) is 0 Å². The van der Waals surface area contributed by atoms with Crippen LogP contribution in [0.5, 0.6) is 0 Å². The Bertz CT molecular complexity index is 191. The molecule has 0 aromatic carbocycles. The van der Waals surface area contributed by atoms with Gasteiger partial charge in [0.25, 0.3) is 10.1 Å². The summed E-state index contributed by atoms with van der Waals surface area (Å²) in [5.74, 6) is 1.28. The molecule has 0 atom stereocenters. The molecule has 0 amide bonds. The molecule has 3 nitrogen and oxygen atoms in total. The van der Waals surface area contributed by atoms with Crippen molar-refractivity contribution in [2.45, 2.75) is 19.8 Å². The lowest BCUT2D eigenvalue weighted by Gasteiger charge is -1.99. The molecule has 59 valence electrons. The van der Waals surface area contributed by atoms with Crippen LogP contribution in [0.2, 0.25) is 0 Å². The maximum Gasteiger partial charge on any atom is 0.267 e. The first-order valence-corrected chi connectivity index (χ1v) is 4.92. The molecule has 0 unspecified atom stereocenters. The highest BCUT2D eigenvalue weighted by molar-refractivity contribution is 7.86. The Morgan fingerprint density at radius 2 is 2.10 bits per heavy atom. The second kappa shape index (κ2) is 2.88. The monoisotopic (exact) mass is 163 g/mol. The van der Waals surface area contributed by atoms with Gasteiger partial charge in [0.15, 0.2) is 0 Å². The Kier molecular flexibility index (Phi) is 2.31. The van der Waals surface area contributed by atoms with E-state index in [1.165, 1.54) is 5.92 Å². The molecule has 1 saturated carbocycles. The van der Waals surface area contributed by atoms with Crippen molar-refractivity contribution in [2.75, 3.05) is 12.4 Å². The van der Waals surface area contributed by atoms with Crippen LogP contribution in [0.25, 0.3) is 0 Å². The van der Waals surface area contributed by atoms with Gasteiger partial charge in [-0.25, -0.2) is 0 Å². The van der Waals surface area contributed by atoms with E-state index >= 15 is 0 Å². The average molecular weight is 163 g/mol. The van der Waals surface area contributed by atoms with Crippen LogP contribution in [0.15, 0.2) is 0 Å². The number of hydrogen-bond acceptors (Lipinski definition) is 3. The quantitative estimate of drug-likeness (QED) is 0.573. The third-order valence-corrected chi connectivity index (χ3v) is 2.58. The topological polar surface area (TPSA) is 43.4 Å². The lowest BCUT2D eigenvalue weighted by molar-refractivity contribution is 0.342. The summed E-state index contributed by atoms with van der Waals surface area (Å²) in [6, 6.07) is 0. The van der Waals surface area contributed by atoms with Gasteiger partial charge < -0.3 is 0 Å². The van der Waals surface area contributed by atoms with E-state index in [4.69, 9.17) is 0 Å². The van der Waals surface area contributed by atoms with Crippen LogP contribution in [0, 0.1) is 5.92 Å². The second-order valence-corrected chi connectivity index (χ2v) is 4.29. The molecule has 1 rings (SSSR count). The van der Waals surface area contributed by atoms with Gasteiger partial charge in [-0.2, -0.15) is 8.42 Å². The predicted octanol–water partition coefficient (Wildman–Crippen LogP) is 0.721. The van der Waals surface area contributed by atoms with Gasteiger partial charge >= 0.3 is 0 Å². The van der Waals surface area contributed by atoms with Crippen molar-refractivity contribution in [3.8, 4) is 0 Å². The molecule has 1 aliphatic carbocycles. The van der Waals surface area contributed by atoms with Crippen molar-refractivity contribution >= 4 is 10.1 Å². The van der Waals surface area contributed by atoms with Crippen LogP contribution in [-0.2, 0) is 14.3 Å². The molecule has 10 heavy (non-hydrogen) atoms. The molecule has 0 heterocycles. The van der Waals surface area contributed by atoms with E-state index in [1.54, 1.807) is 6.92 Å². The molecule has 4 heteroatoms. The lowest BCUT2D eigenvalue weighted by atomic mass is 10.5. The summed E-state index contributed by atoms with van der Waals surface area (Å²) in [5.41, 5.74) is 0. The maximum atomic E-state index is 10.7. The van der Waals surface area contributed by atoms with E-state index in [2.05, 4.69) is 4.18 Å². The summed E-state index contributed by atoms with van der Waals surface area (Å²) in [7, 11) is -3.20. The third kappa shape index (κ3) is 2.66. The van der Waals surface area contributed by atoms with E-state index in [-0.39, 0.29) is 5.75 Å². The fraction of sp³-hybridized carbons (Fsp3) is 0.833. The van der Waals surface area contributed by atoms with Gasteiger partial charge in [0.1, 0.15) is 0 Å². The van der Waals surface area contributed by atoms with Crippen molar-refractivity contribution in [1.29, 1.82) is 0 Å². The van der Waals surface area contributed by atoms with Crippen molar-refractivity contribution in [2.24, 2.45) is 0 Å². The van der Waals surface area contributed by atoms with Crippen molar-refractivity contribution in [1.82, 2.24) is 0 Å². The predicted molar refractivity (Wildman–Crippen MR) is 37.9 cm³/mol. The van der Waals surface area contributed by atoms with Crippen molar-refractivity contribution in [3.05, 3.63) is 5.92 Å². The standard InChI is InChI=1S/C6H11O3S/c1-2-10(7,8)9-5-6-3-4-6/h2-5H2,1H3.